The summed E-state index contributed by atoms with van der Waals surface area (Å²) in [4.78, 5) is 6.75. The van der Waals surface area contributed by atoms with Crippen molar-refractivity contribution in [3.63, 3.8) is 0 Å². The van der Waals surface area contributed by atoms with E-state index in [4.69, 9.17) is 4.98 Å². The number of anilines is 1. The van der Waals surface area contributed by atoms with Crippen molar-refractivity contribution in [1.29, 1.82) is 5.26 Å². The standard InChI is InChI=1S/C25H23N3OS/c26-14-22-24(20-12-10-18(11-13-20)17-6-4-5-7-17)23(15-29)28(22)25-27-21(16-30-25)19-8-2-1-3-9-19/h1-3,6,8-13,16,22-24,29H,4-5,7,15H2/t22-,23+,24-/m1/s1. The third kappa shape index (κ3) is 3.23. The van der Waals surface area contributed by atoms with Crippen LogP contribution in [0.3, 0.4) is 0 Å². The molecule has 0 spiro atoms. The maximum absolute atomic E-state index is 10.1. The Morgan fingerprint density at radius 1 is 1.10 bits per heavy atom. The van der Waals surface area contributed by atoms with E-state index in [-0.39, 0.29) is 24.6 Å². The number of nitriles is 1. The second kappa shape index (κ2) is 8.06. The van der Waals surface area contributed by atoms with E-state index >= 15 is 0 Å². The summed E-state index contributed by atoms with van der Waals surface area (Å²) >= 11 is 1.53. The van der Waals surface area contributed by atoms with Gasteiger partial charge in [-0.3, -0.25) is 0 Å². The lowest BCUT2D eigenvalue weighted by Crippen LogP contribution is -2.63. The van der Waals surface area contributed by atoms with Gasteiger partial charge in [-0.15, -0.1) is 11.3 Å². The molecule has 1 aromatic heterocycles. The Labute approximate surface area is 180 Å². The van der Waals surface area contributed by atoms with Gasteiger partial charge < -0.3 is 10.0 Å². The highest BCUT2D eigenvalue weighted by Gasteiger charge is 2.50. The Bertz CT molecular complexity index is 1100. The summed E-state index contributed by atoms with van der Waals surface area (Å²) in [5.41, 5.74) is 5.76. The van der Waals surface area contributed by atoms with Crippen LogP contribution in [0.5, 0.6) is 0 Å². The molecule has 2 aromatic carbocycles. The number of allylic oxidation sites excluding steroid dienone is 2. The molecule has 0 radical (unpaired) electrons. The van der Waals surface area contributed by atoms with Gasteiger partial charge in [-0.2, -0.15) is 5.26 Å². The molecule has 30 heavy (non-hydrogen) atoms. The minimum Gasteiger partial charge on any atom is -0.394 e. The number of hydrogen-bond donors (Lipinski definition) is 1. The summed E-state index contributed by atoms with van der Waals surface area (Å²) in [6.07, 6.45) is 5.86. The maximum Gasteiger partial charge on any atom is 0.187 e. The molecule has 0 amide bonds. The second-order valence-electron chi connectivity index (χ2n) is 7.88. The zero-order valence-corrected chi connectivity index (χ0v) is 17.4. The molecule has 1 aliphatic carbocycles. The van der Waals surface area contributed by atoms with Crippen LogP contribution in [-0.2, 0) is 0 Å². The Morgan fingerprint density at radius 2 is 1.90 bits per heavy atom. The number of benzene rings is 2. The molecule has 3 aromatic rings. The van der Waals surface area contributed by atoms with Crippen LogP contribution in [0.25, 0.3) is 16.8 Å². The molecular weight excluding hydrogens is 390 g/mol. The topological polar surface area (TPSA) is 60.1 Å². The van der Waals surface area contributed by atoms with Crippen molar-refractivity contribution in [2.45, 2.75) is 37.3 Å². The van der Waals surface area contributed by atoms with E-state index < -0.39 is 0 Å². The molecule has 1 saturated heterocycles. The van der Waals surface area contributed by atoms with Crippen molar-refractivity contribution in [1.82, 2.24) is 4.98 Å². The minimum absolute atomic E-state index is 0.00397. The summed E-state index contributed by atoms with van der Waals surface area (Å²) in [6.45, 7) is -0.00397. The van der Waals surface area contributed by atoms with Crippen molar-refractivity contribution in [2.24, 2.45) is 0 Å². The highest BCUT2D eigenvalue weighted by Crippen LogP contribution is 2.45. The highest BCUT2D eigenvalue weighted by atomic mass is 32.1. The van der Waals surface area contributed by atoms with Crippen LogP contribution in [0.1, 0.15) is 36.3 Å². The van der Waals surface area contributed by atoms with Crippen LogP contribution < -0.4 is 4.90 Å². The third-order valence-electron chi connectivity index (χ3n) is 6.22. The van der Waals surface area contributed by atoms with Gasteiger partial charge in [0, 0.05) is 16.9 Å². The van der Waals surface area contributed by atoms with Crippen molar-refractivity contribution in [3.05, 3.63) is 77.2 Å². The van der Waals surface area contributed by atoms with Crippen LogP contribution >= 0.6 is 11.3 Å². The zero-order valence-electron chi connectivity index (χ0n) is 16.6. The predicted molar refractivity (Wildman–Crippen MR) is 121 cm³/mol. The number of rotatable bonds is 5. The van der Waals surface area contributed by atoms with E-state index in [0.29, 0.717) is 0 Å². The zero-order chi connectivity index (χ0) is 20.5. The molecule has 1 aliphatic heterocycles. The van der Waals surface area contributed by atoms with Gasteiger partial charge in [0.1, 0.15) is 6.04 Å². The summed E-state index contributed by atoms with van der Waals surface area (Å²) < 4.78 is 0. The largest absolute Gasteiger partial charge is 0.394 e. The second-order valence-corrected chi connectivity index (χ2v) is 8.72. The van der Waals surface area contributed by atoms with Crippen molar-refractivity contribution in [3.8, 4) is 17.3 Å². The Morgan fingerprint density at radius 3 is 2.57 bits per heavy atom. The molecule has 1 N–H and O–H groups in total. The van der Waals surface area contributed by atoms with Gasteiger partial charge in [-0.1, -0.05) is 60.7 Å². The fraction of sp³-hybridized carbons (Fsp3) is 0.280. The van der Waals surface area contributed by atoms with Gasteiger partial charge >= 0.3 is 0 Å². The van der Waals surface area contributed by atoms with E-state index in [2.05, 4.69) is 36.4 Å². The lowest BCUT2D eigenvalue weighted by molar-refractivity contribution is 0.187. The van der Waals surface area contributed by atoms with Crippen LogP contribution in [0.4, 0.5) is 5.13 Å². The number of aliphatic hydroxyl groups is 1. The Kier molecular flexibility index (Phi) is 5.12. The van der Waals surface area contributed by atoms with Gasteiger partial charge in [-0.25, -0.2) is 4.98 Å². The predicted octanol–water partition coefficient (Wildman–Crippen LogP) is 5.23. The summed E-state index contributed by atoms with van der Waals surface area (Å²) in [5, 5.41) is 22.9. The average molecular weight is 414 g/mol. The molecule has 0 bridgehead atoms. The van der Waals surface area contributed by atoms with Crippen molar-refractivity contribution < 1.29 is 5.11 Å². The van der Waals surface area contributed by atoms with E-state index in [1.165, 1.54) is 28.9 Å². The van der Waals surface area contributed by atoms with Gasteiger partial charge in [0.15, 0.2) is 5.13 Å². The smallest absolute Gasteiger partial charge is 0.187 e. The van der Waals surface area contributed by atoms with Gasteiger partial charge in [0.05, 0.1) is 24.4 Å². The van der Waals surface area contributed by atoms with Crippen LogP contribution in [-0.4, -0.2) is 28.8 Å². The van der Waals surface area contributed by atoms with E-state index in [1.807, 2.05) is 40.6 Å². The van der Waals surface area contributed by atoms with Crippen LogP contribution in [0.15, 0.2) is 66.1 Å². The number of aliphatic hydroxyl groups excluding tert-OH is 1. The minimum atomic E-state index is -0.325. The normalized spacial score (nSPS) is 23.0. The highest BCUT2D eigenvalue weighted by molar-refractivity contribution is 7.14. The van der Waals surface area contributed by atoms with E-state index in [1.54, 1.807) is 0 Å². The SMILES string of the molecule is N#C[C@@H]1[C@@H](c2ccc(C3=CCCC3)cc2)[C@H](CO)N1c1nc(-c2ccccc2)cs1. The summed E-state index contributed by atoms with van der Waals surface area (Å²) in [7, 11) is 0. The lowest BCUT2D eigenvalue weighted by Gasteiger charge is -2.51. The molecule has 4 nitrogen and oxygen atoms in total. The number of thiazole rings is 1. The monoisotopic (exact) mass is 413 g/mol. The van der Waals surface area contributed by atoms with Crippen LogP contribution in [0.2, 0.25) is 0 Å². The molecule has 5 rings (SSSR count). The molecule has 5 heteroatoms. The van der Waals surface area contributed by atoms with Gasteiger partial charge in [-0.05, 0) is 36.0 Å². The summed E-state index contributed by atoms with van der Waals surface area (Å²) in [6, 6.07) is 20.6. The fourth-order valence-electron chi connectivity index (χ4n) is 4.65. The first kappa shape index (κ1) is 19.0. The molecular formula is C25H23N3OS. The Hall–Kier alpha value is -2.94. The molecule has 0 saturated carbocycles. The first-order chi connectivity index (χ1) is 14.8. The quantitative estimate of drug-likeness (QED) is 0.622. The molecule has 150 valence electrons. The molecule has 2 aliphatic rings. The van der Waals surface area contributed by atoms with Crippen LogP contribution in [0, 0.1) is 11.3 Å². The number of hydrogen-bond acceptors (Lipinski definition) is 5. The first-order valence-corrected chi connectivity index (χ1v) is 11.3. The van der Waals surface area contributed by atoms with Crippen molar-refractivity contribution in [2.75, 3.05) is 11.5 Å². The van der Waals surface area contributed by atoms with E-state index in [0.717, 1.165) is 34.8 Å². The van der Waals surface area contributed by atoms with E-state index in [9.17, 15) is 10.4 Å². The fourth-order valence-corrected chi connectivity index (χ4v) is 5.57. The van der Waals surface area contributed by atoms with Gasteiger partial charge in [0.2, 0.25) is 0 Å². The first-order valence-electron chi connectivity index (χ1n) is 10.4. The molecule has 1 fully saturated rings. The molecule has 3 atom stereocenters. The lowest BCUT2D eigenvalue weighted by atomic mass is 9.76. The average Bonchev–Trinajstić information content (AvgIpc) is 3.48. The summed E-state index contributed by atoms with van der Waals surface area (Å²) in [5.74, 6) is -0.0179. The number of nitrogens with zero attached hydrogens (tertiary/aromatic N) is 3. The van der Waals surface area contributed by atoms with Crippen molar-refractivity contribution >= 4 is 22.0 Å². The number of aromatic nitrogens is 1. The molecule has 2 heterocycles. The maximum atomic E-state index is 10.1. The van der Waals surface area contributed by atoms with Gasteiger partial charge in [0.25, 0.3) is 0 Å². The molecule has 0 unspecified atom stereocenters. The third-order valence-corrected chi connectivity index (χ3v) is 7.07. The Balaban J connectivity index is 1.40.